The smallest absolute Gasteiger partial charge is 0.241 e. The molecule has 1 saturated heterocycles. The monoisotopic (exact) mass is 342 g/mol. The summed E-state index contributed by atoms with van der Waals surface area (Å²) in [5.74, 6) is 2.39. The number of thioether (sulfide) groups is 1. The Morgan fingerprint density at radius 1 is 1.25 bits per heavy atom. The molecule has 0 spiro atoms. The van der Waals surface area contributed by atoms with E-state index in [0.29, 0.717) is 19.1 Å². The van der Waals surface area contributed by atoms with Gasteiger partial charge in [-0.3, -0.25) is 19.7 Å². The van der Waals surface area contributed by atoms with E-state index >= 15 is 0 Å². The highest BCUT2D eigenvalue weighted by Gasteiger charge is 2.24. The molecular weight excluding hydrogens is 320 g/mol. The van der Waals surface area contributed by atoms with Gasteiger partial charge in [-0.2, -0.15) is 11.8 Å². The van der Waals surface area contributed by atoms with Crippen LogP contribution in [0.1, 0.15) is 12.1 Å². The molecule has 2 aromatic rings. The van der Waals surface area contributed by atoms with Gasteiger partial charge in [0, 0.05) is 36.1 Å². The van der Waals surface area contributed by atoms with Crippen molar-refractivity contribution in [3.05, 3.63) is 54.6 Å². The standard InChI is InChI=1S/C18H22N4OS/c1-21(17-7-11-24-14-17)13-18(23)22(16-5-9-19-10-6-16)12-15-4-2-3-8-20-15/h2-6,8-10,17H,7,11-14H2,1H3. The Morgan fingerprint density at radius 3 is 2.75 bits per heavy atom. The van der Waals surface area contributed by atoms with Crippen molar-refractivity contribution in [2.24, 2.45) is 0 Å². The maximum Gasteiger partial charge on any atom is 0.241 e. The van der Waals surface area contributed by atoms with Crippen molar-refractivity contribution in [3.8, 4) is 0 Å². The number of hydrogen-bond acceptors (Lipinski definition) is 5. The molecular formula is C18H22N4OS. The first-order chi connectivity index (χ1) is 11.7. The number of rotatable bonds is 6. The van der Waals surface area contributed by atoms with E-state index in [1.54, 1.807) is 23.5 Å². The topological polar surface area (TPSA) is 49.3 Å². The second-order valence-electron chi connectivity index (χ2n) is 5.94. The van der Waals surface area contributed by atoms with Gasteiger partial charge >= 0.3 is 0 Å². The summed E-state index contributed by atoms with van der Waals surface area (Å²) in [5, 5.41) is 0. The lowest BCUT2D eigenvalue weighted by Gasteiger charge is -2.28. The summed E-state index contributed by atoms with van der Waals surface area (Å²) in [4.78, 5) is 25.3. The molecule has 0 bridgehead atoms. The normalized spacial score (nSPS) is 17.2. The van der Waals surface area contributed by atoms with Gasteiger partial charge in [0.2, 0.25) is 5.91 Å². The lowest BCUT2D eigenvalue weighted by Crippen LogP contribution is -2.42. The van der Waals surface area contributed by atoms with Gasteiger partial charge in [-0.15, -0.1) is 0 Å². The quantitative estimate of drug-likeness (QED) is 0.807. The number of nitrogens with zero attached hydrogens (tertiary/aromatic N) is 4. The van der Waals surface area contributed by atoms with Gasteiger partial charge in [-0.25, -0.2) is 0 Å². The van der Waals surface area contributed by atoms with Gasteiger partial charge in [0.25, 0.3) is 0 Å². The highest BCUT2D eigenvalue weighted by Crippen LogP contribution is 2.22. The van der Waals surface area contributed by atoms with E-state index in [2.05, 4.69) is 14.9 Å². The van der Waals surface area contributed by atoms with E-state index in [9.17, 15) is 4.79 Å². The Kier molecular flexibility index (Phi) is 5.82. The predicted octanol–water partition coefficient (Wildman–Crippen LogP) is 2.45. The largest absolute Gasteiger partial charge is 0.305 e. The molecule has 1 atom stereocenters. The summed E-state index contributed by atoms with van der Waals surface area (Å²) in [6.07, 6.45) is 6.34. The van der Waals surface area contributed by atoms with Crippen LogP contribution >= 0.6 is 11.8 Å². The zero-order valence-electron chi connectivity index (χ0n) is 13.8. The van der Waals surface area contributed by atoms with Gasteiger partial charge in [0.15, 0.2) is 0 Å². The zero-order chi connectivity index (χ0) is 16.8. The number of amides is 1. The highest BCUT2D eigenvalue weighted by atomic mass is 32.2. The minimum absolute atomic E-state index is 0.0891. The minimum atomic E-state index is 0.0891. The summed E-state index contributed by atoms with van der Waals surface area (Å²) in [6.45, 7) is 0.886. The van der Waals surface area contributed by atoms with Crippen LogP contribution in [-0.2, 0) is 11.3 Å². The SMILES string of the molecule is CN(CC(=O)N(Cc1ccccn1)c1ccncc1)C1CCSC1. The molecule has 0 saturated carbocycles. The van der Waals surface area contributed by atoms with E-state index in [4.69, 9.17) is 0 Å². The highest BCUT2D eigenvalue weighted by molar-refractivity contribution is 7.99. The second-order valence-corrected chi connectivity index (χ2v) is 7.09. The van der Waals surface area contributed by atoms with E-state index in [1.165, 1.54) is 5.75 Å². The number of carbonyl (C=O) groups is 1. The van der Waals surface area contributed by atoms with Gasteiger partial charge < -0.3 is 4.90 Å². The lowest BCUT2D eigenvalue weighted by molar-refractivity contribution is -0.120. The number of aromatic nitrogens is 2. The Balaban J connectivity index is 1.74. The van der Waals surface area contributed by atoms with Crippen LogP contribution in [-0.4, -0.2) is 51.9 Å². The Hall–Kier alpha value is -1.92. The van der Waals surface area contributed by atoms with Crippen LogP contribution in [0.5, 0.6) is 0 Å². The second kappa shape index (κ2) is 8.26. The van der Waals surface area contributed by atoms with E-state index in [1.807, 2.05) is 49.1 Å². The number of pyridine rings is 2. The van der Waals surface area contributed by atoms with Crippen LogP contribution in [0.2, 0.25) is 0 Å². The van der Waals surface area contributed by atoms with E-state index in [-0.39, 0.29) is 5.91 Å². The summed E-state index contributed by atoms with van der Waals surface area (Å²) >= 11 is 1.96. The average Bonchev–Trinajstić information content (AvgIpc) is 3.16. The Labute approximate surface area is 147 Å². The third-order valence-corrected chi connectivity index (χ3v) is 5.38. The van der Waals surface area contributed by atoms with E-state index < -0.39 is 0 Å². The molecule has 126 valence electrons. The van der Waals surface area contributed by atoms with Crippen molar-refractivity contribution >= 4 is 23.4 Å². The number of hydrogen-bond donors (Lipinski definition) is 0. The molecule has 1 unspecified atom stereocenters. The first-order valence-corrected chi connectivity index (χ1v) is 9.28. The van der Waals surface area contributed by atoms with Gasteiger partial charge in [0.1, 0.15) is 0 Å². The van der Waals surface area contributed by atoms with E-state index in [0.717, 1.165) is 23.6 Å². The van der Waals surface area contributed by atoms with Crippen LogP contribution in [0.4, 0.5) is 5.69 Å². The average molecular weight is 342 g/mol. The predicted molar refractivity (Wildman–Crippen MR) is 98.0 cm³/mol. The van der Waals surface area contributed by atoms with Crippen LogP contribution < -0.4 is 4.90 Å². The first-order valence-electron chi connectivity index (χ1n) is 8.12. The van der Waals surface area contributed by atoms with Gasteiger partial charge in [-0.1, -0.05) is 6.07 Å². The molecule has 0 aliphatic carbocycles. The zero-order valence-corrected chi connectivity index (χ0v) is 14.7. The molecule has 1 aliphatic heterocycles. The van der Waals surface area contributed by atoms with Crippen LogP contribution in [0.25, 0.3) is 0 Å². The summed E-state index contributed by atoms with van der Waals surface area (Å²) < 4.78 is 0. The summed E-state index contributed by atoms with van der Waals surface area (Å²) in [6, 6.07) is 10.00. The fraction of sp³-hybridized carbons (Fsp3) is 0.389. The Morgan fingerprint density at radius 2 is 2.08 bits per heavy atom. The number of anilines is 1. The van der Waals surface area contributed by atoms with Crippen molar-refractivity contribution in [3.63, 3.8) is 0 Å². The molecule has 1 amide bonds. The lowest BCUT2D eigenvalue weighted by atomic mass is 10.2. The van der Waals surface area contributed by atoms with Crippen LogP contribution in [0.3, 0.4) is 0 Å². The molecule has 0 N–H and O–H groups in total. The molecule has 5 nitrogen and oxygen atoms in total. The number of carbonyl (C=O) groups excluding carboxylic acids is 1. The van der Waals surface area contributed by atoms with Gasteiger partial charge in [0.05, 0.1) is 18.8 Å². The molecule has 3 rings (SSSR count). The van der Waals surface area contributed by atoms with Crippen molar-refractivity contribution < 1.29 is 4.79 Å². The van der Waals surface area contributed by atoms with Crippen molar-refractivity contribution in [1.82, 2.24) is 14.9 Å². The third kappa shape index (κ3) is 4.33. The third-order valence-electron chi connectivity index (χ3n) is 4.24. The van der Waals surface area contributed by atoms with Crippen molar-refractivity contribution in [2.45, 2.75) is 19.0 Å². The molecule has 3 heterocycles. The molecule has 6 heteroatoms. The summed E-state index contributed by atoms with van der Waals surface area (Å²) in [7, 11) is 2.04. The molecule has 0 aromatic carbocycles. The fourth-order valence-corrected chi connectivity index (χ4v) is 4.10. The maximum atomic E-state index is 12.9. The van der Waals surface area contributed by atoms with Gasteiger partial charge in [-0.05, 0) is 43.5 Å². The fourth-order valence-electron chi connectivity index (χ4n) is 2.80. The van der Waals surface area contributed by atoms with Crippen LogP contribution in [0, 0.1) is 0 Å². The number of likely N-dealkylation sites (N-methyl/N-ethyl adjacent to an activating group) is 1. The minimum Gasteiger partial charge on any atom is -0.305 e. The Bertz CT molecular complexity index is 647. The summed E-state index contributed by atoms with van der Waals surface area (Å²) in [5.41, 5.74) is 1.73. The maximum absolute atomic E-state index is 12.9. The van der Waals surface area contributed by atoms with Crippen LogP contribution in [0.15, 0.2) is 48.9 Å². The molecule has 0 radical (unpaired) electrons. The van der Waals surface area contributed by atoms with Crippen molar-refractivity contribution in [1.29, 1.82) is 0 Å². The first kappa shape index (κ1) is 16.9. The molecule has 1 aliphatic rings. The molecule has 24 heavy (non-hydrogen) atoms. The van der Waals surface area contributed by atoms with Crippen molar-refractivity contribution in [2.75, 3.05) is 30.0 Å². The molecule has 1 fully saturated rings. The molecule has 2 aromatic heterocycles.